The second-order valence-corrected chi connectivity index (χ2v) is 5.97. The minimum absolute atomic E-state index is 0.151. The third-order valence-electron chi connectivity index (χ3n) is 3.39. The van der Waals surface area contributed by atoms with Crippen LogP contribution in [0.4, 0.5) is 5.95 Å². The lowest BCUT2D eigenvalue weighted by atomic mass is 9.87. The van der Waals surface area contributed by atoms with E-state index < -0.39 is 5.97 Å². The highest BCUT2D eigenvalue weighted by molar-refractivity contribution is 5.88. The molecule has 0 fully saturated rings. The molecule has 0 spiro atoms. The first kappa shape index (κ1) is 16.4. The van der Waals surface area contributed by atoms with Crippen LogP contribution < -0.4 is 5.32 Å². The van der Waals surface area contributed by atoms with Crippen LogP contribution >= 0.6 is 0 Å². The number of carbonyl (C=O) groups is 1. The van der Waals surface area contributed by atoms with E-state index in [1.807, 2.05) is 0 Å². The number of anilines is 1. The average molecular weight is 279 g/mol. The first-order valence-electron chi connectivity index (χ1n) is 7.16. The van der Waals surface area contributed by atoms with Gasteiger partial charge in [-0.1, -0.05) is 40.0 Å². The second-order valence-electron chi connectivity index (χ2n) is 5.97. The van der Waals surface area contributed by atoms with Crippen molar-refractivity contribution in [1.82, 2.24) is 9.97 Å². The highest BCUT2D eigenvalue weighted by Gasteiger charge is 2.18. The molecule has 0 saturated heterocycles. The molecule has 20 heavy (non-hydrogen) atoms. The zero-order valence-electron chi connectivity index (χ0n) is 12.9. The number of unbranched alkanes of at least 4 members (excludes halogenated alkanes) is 2. The van der Waals surface area contributed by atoms with E-state index in [1.165, 1.54) is 25.5 Å². The Morgan fingerprint density at radius 3 is 2.65 bits per heavy atom. The van der Waals surface area contributed by atoms with Gasteiger partial charge < -0.3 is 10.4 Å². The van der Waals surface area contributed by atoms with Crippen LogP contribution in [0.3, 0.4) is 0 Å². The maximum atomic E-state index is 10.9. The Morgan fingerprint density at radius 2 is 2.10 bits per heavy atom. The predicted molar refractivity (Wildman–Crippen MR) is 80.1 cm³/mol. The lowest BCUT2D eigenvalue weighted by molar-refractivity contribution is 0.0695. The van der Waals surface area contributed by atoms with Gasteiger partial charge in [-0.05, 0) is 18.8 Å². The summed E-state index contributed by atoms with van der Waals surface area (Å²) in [5, 5.41) is 12.1. The number of aryl methyl sites for hydroxylation is 1. The van der Waals surface area contributed by atoms with Crippen LogP contribution in [0.15, 0.2) is 6.20 Å². The molecule has 0 unspecified atom stereocenters. The minimum Gasteiger partial charge on any atom is -0.478 e. The number of nitrogens with one attached hydrogen (secondary N) is 1. The van der Waals surface area contributed by atoms with Gasteiger partial charge in [0.25, 0.3) is 0 Å². The second kappa shape index (κ2) is 7.22. The predicted octanol–water partition coefficient (Wildman–Crippen LogP) is 3.50. The standard InChI is InChI=1S/C15H25N3O2/c1-5-6-7-8-15(3,4)10-17-14-16-9-12(13(19)20)11(2)18-14/h9H,5-8,10H2,1-4H3,(H,19,20)(H,16,17,18). The number of carboxylic acid groups (broad SMARTS) is 1. The maximum Gasteiger partial charge on any atom is 0.339 e. The van der Waals surface area contributed by atoms with Gasteiger partial charge in [0.15, 0.2) is 0 Å². The molecule has 5 nitrogen and oxygen atoms in total. The van der Waals surface area contributed by atoms with Crippen molar-refractivity contribution in [3.05, 3.63) is 17.5 Å². The molecule has 1 rings (SSSR count). The number of aromatic nitrogens is 2. The Bertz CT molecular complexity index is 458. The van der Waals surface area contributed by atoms with Crippen LogP contribution in [0.5, 0.6) is 0 Å². The average Bonchev–Trinajstić information content (AvgIpc) is 2.36. The van der Waals surface area contributed by atoms with Crippen LogP contribution in [0.25, 0.3) is 0 Å². The molecule has 1 aromatic heterocycles. The highest BCUT2D eigenvalue weighted by Crippen LogP contribution is 2.23. The Hall–Kier alpha value is -1.65. The third kappa shape index (κ3) is 5.15. The Balaban J connectivity index is 2.57. The Morgan fingerprint density at radius 1 is 1.40 bits per heavy atom. The molecule has 1 aromatic rings. The zero-order chi connectivity index (χ0) is 15.2. The fourth-order valence-electron chi connectivity index (χ4n) is 2.02. The third-order valence-corrected chi connectivity index (χ3v) is 3.39. The Kier molecular flexibility index (Phi) is 5.92. The van der Waals surface area contributed by atoms with Crippen LogP contribution in [-0.4, -0.2) is 27.6 Å². The molecule has 5 heteroatoms. The minimum atomic E-state index is -0.992. The van der Waals surface area contributed by atoms with Crippen molar-refractivity contribution in [3.8, 4) is 0 Å². The number of carboxylic acids is 1. The highest BCUT2D eigenvalue weighted by atomic mass is 16.4. The lowest BCUT2D eigenvalue weighted by Gasteiger charge is -2.25. The van der Waals surface area contributed by atoms with Gasteiger partial charge in [0.05, 0.1) is 11.3 Å². The number of hydrogen-bond donors (Lipinski definition) is 2. The summed E-state index contributed by atoms with van der Waals surface area (Å²) in [5.41, 5.74) is 0.814. The van der Waals surface area contributed by atoms with Gasteiger partial charge in [0, 0.05) is 12.7 Å². The SMILES string of the molecule is CCCCCC(C)(C)CNc1ncc(C(=O)O)c(C)n1. The molecule has 0 aliphatic heterocycles. The van der Waals surface area contributed by atoms with E-state index in [9.17, 15) is 4.79 Å². The van der Waals surface area contributed by atoms with Crippen molar-refractivity contribution in [3.63, 3.8) is 0 Å². The van der Waals surface area contributed by atoms with Crippen molar-refractivity contribution in [2.45, 2.75) is 53.4 Å². The summed E-state index contributed by atoms with van der Waals surface area (Å²) in [7, 11) is 0. The molecule has 2 N–H and O–H groups in total. The number of rotatable bonds is 8. The molecule has 0 atom stereocenters. The van der Waals surface area contributed by atoms with Gasteiger partial charge in [-0.15, -0.1) is 0 Å². The van der Waals surface area contributed by atoms with Gasteiger partial charge in [-0.25, -0.2) is 14.8 Å². The molecular weight excluding hydrogens is 254 g/mol. The van der Waals surface area contributed by atoms with Crippen molar-refractivity contribution < 1.29 is 9.90 Å². The van der Waals surface area contributed by atoms with Crippen molar-refractivity contribution >= 4 is 11.9 Å². The molecule has 0 aliphatic carbocycles. The van der Waals surface area contributed by atoms with Gasteiger partial charge in [0.1, 0.15) is 0 Å². The Labute approximate surface area is 120 Å². The summed E-state index contributed by atoms with van der Waals surface area (Å²) >= 11 is 0. The summed E-state index contributed by atoms with van der Waals surface area (Å²) in [6.07, 6.45) is 6.22. The normalized spacial score (nSPS) is 11.4. The van der Waals surface area contributed by atoms with Gasteiger partial charge in [-0.2, -0.15) is 0 Å². The summed E-state index contributed by atoms with van der Waals surface area (Å²) in [6.45, 7) is 9.10. The van der Waals surface area contributed by atoms with Crippen LogP contribution in [0, 0.1) is 12.3 Å². The quantitative estimate of drug-likeness (QED) is 0.712. The van der Waals surface area contributed by atoms with E-state index in [0.717, 1.165) is 13.0 Å². The van der Waals surface area contributed by atoms with Crippen LogP contribution in [0.1, 0.15) is 62.5 Å². The molecule has 0 amide bonds. The van der Waals surface area contributed by atoms with Gasteiger partial charge >= 0.3 is 5.97 Å². The summed E-state index contributed by atoms with van der Waals surface area (Å²) in [6, 6.07) is 0. The fourth-order valence-corrected chi connectivity index (χ4v) is 2.02. The van der Waals surface area contributed by atoms with Crippen LogP contribution in [-0.2, 0) is 0 Å². The smallest absolute Gasteiger partial charge is 0.339 e. The molecule has 0 radical (unpaired) electrons. The van der Waals surface area contributed by atoms with Gasteiger partial charge in [-0.3, -0.25) is 0 Å². The fraction of sp³-hybridized carbons (Fsp3) is 0.667. The number of hydrogen-bond acceptors (Lipinski definition) is 4. The molecular formula is C15H25N3O2. The largest absolute Gasteiger partial charge is 0.478 e. The molecule has 1 heterocycles. The monoisotopic (exact) mass is 279 g/mol. The molecule has 0 aromatic carbocycles. The van der Waals surface area contributed by atoms with Crippen molar-refractivity contribution in [2.24, 2.45) is 5.41 Å². The molecule has 0 aliphatic rings. The van der Waals surface area contributed by atoms with Crippen molar-refractivity contribution in [2.75, 3.05) is 11.9 Å². The van der Waals surface area contributed by atoms with E-state index >= 15 is 0 Å². The maximum absolute atomic E-state index is 10.9. The number of nitrogens with zero attached hydrogens (tertiary/aromatic N) is 2. The van der Waals surface area contributed by atoms with Crippen LogP contribution in [0.2, 0.25) is 0 Å². The topological polar surface area (TPSA) is 75.1 Å². The summed E-state index contributed by atoms with van der Waals surface area (Å²) < 4.78 is 0. The van der Waals surface area contributed by atoms with E-state index in [4.69, 9.17) is 5.11 Å². The summed E-state index contributed by atoms with van der Waals surface area (Å²) in [4.78, 5) is 19.1. The first-order chi connectivity index (χ1) is 9.35. The van der Waals surface area contributed by atoms with Gasteiger partial charge in [0.2, 0.25) is 5.95 Å². The van der Waals surface area contributed by atoms with E-state index in [1.54, 1.807) is 6.92 Å². The number of aromatic carboxylic acids is 1. The summed E-state index contributed by atoms with van der Waals surface area (Å²) in [5.74, 6) is -0.495. The molecule has 112 valence electrons. The van der Waals surface area contributed by atoms with E-state index in [-0.39, 0.29) is 11.0 Å². The van der Waals surface area contributed by atoms with Crippen molar-refractivity contribution in [1.29, 1.82) is 0 Å². The molecule has 0 bridgehead atoms. The molecule has 0 saturated carbocycles. The first-order valence-corrected chi connectivity index (χ1v) is 7.16. The lowest BCUT2D eigenvalue weighted by Crippen LogP contribution is -2.24. The zero-order valence-corrected chi connectivity index (χ0v) is 12.9. The van der Waals surface area contributed by atoms with E-state index in [0.29, 0.717) is 11.6 Å². The van der Waals surface area contributed by atoms with E-state index in [2.05, 4.69) is 36.1 Å².